The van der Waals surface area contributed by atoms with Crippen LogP contribution >= 0.6 is 0 Å². The van der Waals surface area contributed by atoms with Gasteiger partial charge < -0.3 is 5.11 Å². The molecule has 0 fully saturated rings. The van der Waals surface area contributed by atoms with Crippen LogP contribution in [0.1, 0.15) is 32.0 Å². The first-order valence-corrected chi connectivity index (χ1v) is 5.48. The van der Waals surface area contributed by atoms with Crippen LogP contribution < -0.4 is 0 Å². The molecule has 2 aromatic rings. The van der Waals surface area contributed by atoms with Gasteiger partial charge in [0.2, 0.25) is 0 Å². The van der Waals surface area contributed by atoms with Crippen LogP contribution in [0, 0.1) is 0 Å². The van der Waals surface area contributed by atoms with Gasteiger partial charge >= 0.3 is 0 Å². The molecular weight excluding hydrogens is 216 g/mol. The summed E-state index contributed by atoms with van der Waals surface area (Å²) in [5.41, 5.74) is 1.69. The Labute approximate surface area is 100 Å². The first-order chi connectivity index (χ1) is 8.00. The van der Waals surface area contributed by atoms with Crippen molar-refractivity contribution in [1.82, 2.24) is 19.7 Å². The minimum absolute atomic E-state index is 0.00665. The number of hydrogen-bond acceptors (Lipinski definition) is 4. The summed E-state index contributed by atoms with van der Waals surface area (Å²) in [7, 11) is 0. The zero-order chi connectivity index (χ0) is 12.5. The van der Waals surface area contributed by atoms with Gasteiger partial charge in [-0.2, -0.15) is 5.10 Å². The lowest BCUT2D eigenvalue weighted by Crippen LogP contribution is -2.16. The van der Waals surface area contributed by atoms with Crippen LogP contribution in [-0.4, -0.2) is 24.9 Å². The van der Waals surface area contributed by atoms with Gasteiger partial charge in [0, 0.05) is 11.1 Å². The molecule has 0 atom stereocenters. The number of aliphatic hydroxyl groups excluding tert-OH is 1. The fraction of sp³-hybridized carbons (Fsp3) is 0.417. The molecule has 0 spiro atoms. The molecule has 0 amide bonds. The van der Waals surface area contributed by atoms with Crippen molar-refractivity contribution in [2.24, 2.45) is 0 Å². The van der Waals surface area contributed by atoms with E-state index in [1.54, 1.807) is 11.0 Å². The molecule has 0 aromatic carbocycles. The summed E-state index contributed by atoms with van der Waals surface area (Å²) < 4.78 is 1.59. The first kappa shape index (κ1) is 11.7. The smallest absolute Gasteiger partial charge is 0.155 e. The molecule has 0 aliphatic heterocycles. The van der Waals surface area contributed by atoms with E-state index < -0.39 is 0 Å². The number of rotatable bonds is 2. The van der Waals surface area contributed by atoms with E-state index in [4.69, 9.17) is 0 Å². The quantitative estimate of drug-likeness (QED) is 0.851. The topological polar surface area (TPSA) is 63.8 Å². The van der Waals surface area contributed by atoms with Crippen molar-refractivity contribution in [2.45, 2.75) is 32.8 Å². The lowest BCUT2D eigenvalue weighted by atomic mass is 9.91. The molecule has 0 radical (unpaired) electrons. The average molecular weight is 232 g/mol. The number of pyridine rings is 1. The molecule has 2 aromatic heterocycles. The van der Waals surface area contributed by atoms with E-state index in [2.05, 4.69) is 35.8 Å². The standard InChI is InChI=1S/C12H16N4O/c1-12(2,3)10-4-9(6-17)5-11(15-10)16-8-13-7-14-16/h4-5,7-8,17H,6H2,1-3H3. The predicted octanol–water partition coefficient (Wildman–Crippen LogP) is 1.45. The van der Waals surface area contributed by atoms with Crippen molar-refractivity contribution in [3.63, 3.8) is 0 Å². The Kier molecular flexibility index (Phi) is 2.93. The van der Waals surface area contributed by atoms with Crippen molar-refractivity contribution in [1.29, 1.82) is 0 Å². The monoisotopic (exact) mass is 232 g/mol. The van der Waals surface area contributed by atoms with Gasteiger partial charge in [-0.05, 0) is 17.7 Å². The van der Waals surface area contributed by atoms with E-state index in [9.17, 15) is 5.11 Å². The van der Waals surface area contributed by atoms with Gasteiger partial charge in [0.05, 0.1) is 6.61 Å². The van der Waals surface area contributed by atoms with Crippen LogP contribution in [0.2, 0.25) is 0 Å². The van der Waals surface area contributed by atoms with Gasteiger partial charge in [-0.3, -0.25) is 0 Å². The van der Waals surface area contributed by atoms with E-state index >= 15 is 0 Å². The van der Waals surface area contributed by atoms with Crippen molar-refractivity contribution in [2.75, 3.05) is 0 Å². The summed E-state index contributed by atoms with van der Waals surface area (Å²) in [5.74, 6) is 0.680. The summed E-state index contributed by atoms with van der Waals surface area (Å²) >= 11 is 0. The van der Waals surface area contributed by atoms with E-state index in [-0.39, 0.29) is 12.0 Å². The second-order valence-electron chi connectivity index (χ2n) is 4.97. The number of aromatic nitrogens is 4. The highest BCUT2D eigenvalue weighted by Gasteiger charge is 2.17. The maximum absolute atomic E-state index is 9.28. The van der Waals surface area contributed by atoms with Gasteiger partial charge in [0.25, 0.3) is 0 Å². The molecule has 2 rings (SSSR count). The molecule has 90 valence electrons. The van der Waals surface area contributed by atoms with Gasteiger partial charge in [-0.15, -0.1) is 0 Å². The van der Waals surface area contributed by atoms with Crippen LogP contribution in [-0.2, 0) is 12.0 Å². The summed E-state index contributed by atoms with van der Waals surface area (Å²) in [6.07, 6.45) is 3.06. The Morgan fingerprint density at radius 1 is 1.29 bits per heavy atom. The van der Waals surface area contributed by atoms with Gasteiger partial charge in [-0.1, -0.05) is 20.8 Å². The molecule has 2 heterocycles. The highest BCUT2D eigenvalue weighted by atomic mass is 16.3. The zero-order valence-electron chi connectivity index (χ0n) is 10.3. The van der Waals surface area contributed by atoms with Gasteiger partial charge in [0.15, 0.2) is 5.82 Å². The third-order valence-electron chi connectivity index (χ3n) is 2.48. The van der Waals surface area contributed by atoms with Gasteiger partial charge in [-0.25, -0.2) is 14.6 Å². The molecule has 1 N–H and O–H groups in total. The Bertz CT molecular complexity index is 500. The highest BCUT2D eigenvalue weighted by molar-refractivity contribution is 5.32. The van der Waals surface area contributed by atoms with Crippen LogP contribution in [0.5, 0.6) is 0 Å². The van der Waals surface area contributed by atoms with E-state index in [1.807, 2.05) is 12.1 Å². The lowest BCUT2D eigenvalue weighted by molar-refractivity contribution is 0.281. The number of aliphatic hydroxyl groups is 1. The maximum atomic E-state index is 9.28. The molecule has 5 nitrogen and oxygen atoms in total. The first-order valence-electron chi connectivity index (χ1n) is 5.48. The number of hydrogen-bond donors (Lipinski definition) is 1. The molecule has 0 aliphatic carbocycles. The molecule has 0 saturated carbocycles. The zero-order valence-corrected chi connectivity index (χ0v) is 10.3. The van der Waals surface area contributed by atoms with E-state index in [1.165, 1.54) is 6.33 Å². The van der Waals surface area contributed by atoms with E-state index in [0.29, 0.717) is 5.82 Å². The number of nitrogens with zero attached hydrogens (tertiary/aromatic N) is 4. The fourth-order valence-electron chi connectivity index (χ4n) is 1.49. The second-order valence-corrected chi connectivity index (χ2v) is 4.97. The van der Waals surface area contributed by atoms with Crippen LogP contribution in [0.4, 0.5) is 0 Å². The Balaban J connectivity index is 2.54. The maximum Gasteiger partial charge on any atom is 0.155 e. The summed E-state index contributed by atoms with van der Waals surface area (Å²) in [6.45, 7) is 6.25. The Morgan fingerprint density at radius 2 is 2.06 bits per heavy atom. The second kappa shape index (κ2) is 4.25. The highest BCUT2D eigenvalue weighted by Crippen LogP contribution is 2.22. The molecular formula is C12H16N4O. The minimum Gasteiger partial charge on any atom is -0.392 e. The van der Waals surface area contributed by atoms with Crippen molar-refractivity contribution in [3.8, 4) is 5.82 Å². The van der Waals surface area contributed by atoms with Crippen LogP contribution in [0.15, 0.2) is 24.8 Å². The third kappa shape index (κ3) is 2.50. The van der Waals surface area contributed by atoms with Crippen molar-refractivity contribution >= 4 is 0 Å². The molecule has 5 heteroatoms. The van der Waals surface area contributed by atoms with Crippen LogP contribution in [0.3, 0.4) is 0 Å². The lowest BCUT2D eigenvalue weighted by Gasteiger charge is -2.19. The normalized spacial score (nSPS) is 11.8. The van der Waals surface area contributed by atoms with Crippen LogP contribution in [0.25, 0.3) is 5.82 Å². The van der Waals surface area contributed by atoms with E-state index in [0.717, 1.165) is 11.3 Å². The SMILES string of the molecule is CC(C)(C)c1cc(CO)cc(-n2cncn2)n1. The molecule has 17 heavy (non-hydrogen) atoms. The molecule has 0 saturated heterocycles. The summed E-state index contributed by atoms with van der Waals surface area (Å²) in [6, 6.07) is 3.73. The predicted molar refractivity (Wildman–Crippen MR) is 63.8 cm³/mol. The van der Waals surface area contributed by atoms with Crippen molar-refractivity contribution < 1.29 is 5.11 Å². The van der Waals surface area contributed by atoms with Crippen molar-refractivity contribution in [3.05, 3.63) is 36.0 Å². The van der Waals surface area contributed by atoms with Gasteiger partial charge in [0.1, 0.15) is 12.7 Å². The Hall–Kier alpha value is -1.75. The summed E-state index contributed by atoms with van der Waals surface area (Å²) in [5, 5.41) is 13.3. The molecule has 0 unspecified atom stereocenters. The summed E-state index contributed by atoms with van der Waals surface area (Å²) in [4.78, 5) is 8.44. The third-order valence-corrected chi connectivity index (χ3v) is 2.48. The Morgan fingerprint density at radius 3 is 2.59 bits per heavy atom. The average Bonchev–Trinajstić information content (AvgIpc) is 2.80. The minimum atomic E-state index is -0.0689. The molecule has 0 aliphatic rings. The molecule has 0 bridgehead atoms. The largest absolute Gasteiger partial charge is 0.392 e. The fourth-order valence-corrected chi connectivity index (χ4v) is 1.49.